The lowest BCUT2D eigenvalue weighted by molar-refractivity contribution is -0.123. The second-order valence-corrected chi connectivity index (χ2v) is 7.11. The minimum Gasteiger partial charge on any atom is -0.449 e. The number of aromatic nitrogens is 3. The Morgan fingerprint density at radius 3 is 2.55 bits per heavy atom. The van der Waals surface area contributed by atoms with Gasteiger partial charge in [0.2, 0.25) is 0 Å². The Morgan fingerprint density at radius 1 is 1.24 bits per heavy atom. The normalized spacial score (nSPS) is 11.9. The minimum atomic E-state index is -1.06. The number of benzene rings is 1. The van der Waals surface area contributed by atoms with Crippen molar-refractivity contribution >= 4 is 29.3 Å². The van der Waals surface area contributed by atoms with E-state index in [9.17, 15) is 9.59 Å². The molecule has 0 bridgehead atoms. The van der Waals surface area contributed by atoms with E-state index in [1.807, 2.05) is 31.2 Å². The van der Waals surface area contributed by atoms with Crippen molar-refractivity contribution in [2.45, 2.75) is 40.3 Å². The number of aryl methyl sites for hydroxylation is 3. The van der Waals surface area contributed by atoms with Crippen molar-refractivity contribution in [2.75, 3.05) is 5.32 Å². The number of anilines is 1. The first kappa shape index (κ1) is 20.6. The minimum absolute atomic E-state index is 0.135. The van der Waals surface area contributed by atoms with Crippen molar-refractivity contribution in [1.82, 2.24) is 14.9 Å². The SMILES string of the molecule is Cc1ccc(Cn2nc(C)c(C(=O)O[C@H](C)C(=O)Nc3cc(C)on3)c2Cl)cc1. The van der Waals surface area contributed by atoms with Crippen LogP contribution in [0.1, 0.15) is 39.9 Å². The van der Waals surface area contributed by atoms with Gasteiger partial charge in [-0.1, -0.05) is 46.6 Å². The van der Waals surface area contributed by atoms with Crippen LogP contribution in [-0.2, 0) is 16.1 Å². The third-order valence-electron chi connectivity index (χ3n) is 4.25. The first-order chi connectivity index (χ1) is 13.7. The van der Waals surface area contributed by atoms with Crippen LogP contribution in [0.5, 0.6) is 0 Å². The highest BCUT2D eigenvalue weighted by molar-refractivity contribution is 6.32. The van der Waals surface area contributed by atoms with Crippen molar-refractivity contribution in [3.8, 4) is 0 Å². The van der Waals surface area contributed by atoms with E-state index in [1.165, 1.54) is 11.6 Å². The van der Waals surface area contributed by atoms with Crippen LogP contribution >= 0.6 is 11.6 Å². The van der Waals surface area contributed by atoms with E-state index in [2.05, 4.69) is 15.6 Å². The Labute approximate surface area is 172 Å². The number of ether oxygens (including phenoxy) is 1. The van der Waals surface area contributed by atoms with Gasteiger partial charge in [-0.25, -0.2) is 9.48 Å². The molecule has 1 aromatic carbocycles. The van der Waals surface area contributed by atoms with E-state index in [0.717, 1.165) is 11.1 Å². The van der Waals surface area contributed by atoms with Crippen LogP contribution in [0.25, 0.3) is 0 Å². The molecule has 29 heavy (non-hydrogen) atoms. The van der Waals surface area contributed by atoms with Crippen LogP contribution in [0.2, 0.25) is 5.15 Å². The molecule has 0 aliphatic heterocycles. The molecule has 3 rings (SSSR count). The maximum absolute atomic E-state index is 12.6. The predicted molar refractivity (Wildman–Crippen MR) is 107 cm³/mol. The molecule has 152 valence electrons. The van der Waals surface area contributed by atoms with Gasteiger partial charge >= 0.3 is 5.97 Å². The van der Waals surface area contributed by atoms with E-state index < -0.39 is 18.0 Å². The molecular weight excluding hydrogens is 396 g/mol. The Morgan fingerprint density at radius 2 is 1.93 bits per heavy atom. The van der Waals surface area contributed by atoms with E-state index in [0.29, 0.717) is 18.0 Å². The highest BCUT2D eigenvalue weighted by atomic mass is 35.5. The van der Waals surface area contributed by atoms with Gasteiger partial charge in [0.1, 0.15) is 16.5 Å². The zero-order valence-corrected chi connectivity index (χ0v) is 17.3. The molecule has 9 heteroatoms. The van der Waals surface area contributed by atoms with Crippen LogP contribution in [0.15, 0.2) is 34.9 Å². The van der Waals surface area contributed by atoms with Crippen LogP contribution < -0.4 is 5.32 Å². The summed E-state index contributed by atoms with van der Waals surface area (Å²) >= 11 is 6.38. The molecule has 0 spiro atoms. The van der Waals surface area contributed by atoms with Crippen molar-refractivity contribution < 1.29 is 18.8 Å². The molecule has 3 aromatic rings. The van der Waals surface area contributed by atoms with E-state index in [4.69, 9.17) is 20.9 Å². The Hall–Kier alpha value is -3.13. The Balaban J connectivity index is 1.69. The summed E-state index contributed by atoms with van der Waals surface area (Å²) < 4.78 is 11.7. The second kappa shape index (κ2) is 8.48. The average molecular weight is 417 g/mol. The zero-order chi connectivity index (χ0) is 21.1. The van der Waals surface area contributed by atoms with Crippen LogP contribution in [0.3, 0.4) is 0 Å². The second-order valence-electron chi connectivity index (χ2n) is 6.75. The molecule has 0 fully saturated rings. The summed E-state index contributed by atoms with van der Waals surface area (Å²) in [6.45, 7) is 7.24. The van der Waals surface area contributed by atoms with Gasteiger partial charge in [-0.3, -0.25) is 4.79 Å². The summed E-state index contributed by atoms with van der Waals surface area (Å²) in [6, 6.07) is 9.48. The van der Waals surface area contributed by atoms with E-state index >= 15 is 0 Å². The van der Waals surface area contributed by atoms with Crippen molar-refractivity contribution in [3.63, 3.8) is 0 Å². The van der Waals surface area contributed by atoms with Crippen molar-refractivity contribution in [3.05, 3.63) is 63.6 Å². The molecule has 0 unspecified atom stereocenters. The number of nitrogens with one attached hydrogen (secondary N) is 1. The summed E-state index contributed by atoms with van der Waals surface area (Å²) in [5, 5.41) is 10.7. The molecular formula is C20H21ClN4O4. The number of carbonyl (C=O) groups excluding carboxylic acids is 2. The highest BCUT2D eigenvalue weighted by Crippen LogP contribution is 2.23. The number of rotatable bonds is 6. The Kier molecular flexibility index (Phi) is 6.03. The molecule has 8 nitrogen and oxygen atoms in total. The predicted octanol–water partition coefficient (Wildman–Crippen LogP) is 3.68. The largest absolute Gasteiger partial charge is 0.449 e. The number of hydrogen-bond acceptors (Lipinski definition) is 6. The molecule has 1 amide bonds. The molecule has 0 aliphatic carbocycles. The highest BCUT2D eigenvalue weighted by Gasteiger charge is 2.26. The van der Waals surface area contributed by atoms with Gasteiger partial charge in [0.05, 0.1) is 12.2 Å². The first-order valence-electron chi connectivity index (χ1n) is 8.98. The number of carbonyl (C=O) groups is 2. The maximum atomic E-state index is 12.6. The van der Waals surface area contributed by atoms with Gasteiger partial charge in [0, 0.05) is 6.07 Å². The third kappa shape index (κ3) is 4.83. The van der Waals surface area contributed by atoms with E-state index in [-0.39, 0.29) is 16.5 Å². The zero-order valence-electron chi connectivity index (χ0n) is 16.5. The quantitative estimate of drug-likeness (QED) is 0.615. The van der Waals surface area contributed by atoms with Gasteiger partial charge in [0.15, 0.2) is 11.9 Å². The summed E-state index contributed by atoms with van der Waals surface area (Å²) in [5.41, 5.74) is 2.70. The van der Waals surface area contributed by atoms with Gasteiger partial charge in [-0.05, 0) is 33.3 Å². The molecule has 0 radical (unpaired) electrons. The number of nitrogens with zero attached hydrogens (tertiary/aromatic N) is 3. The van der Waals surface area contributed by atoms with Gasteiger partial charge in [-0.15, -0.1) is 0 Å². The summed E-state index contributed by atoms with van der Waals surface area (Å²) in [6.07, 6.45) is -1.06. The molecule has 1 N–H and O–H groups in total. The fourth-order valence-corrected chi connectivity index (χ4v) is 2.99. The number of amides is 1. The number of esters is 1. The first-order valence-corrected chi connectivity index (χ1v) is 9.36. The fraction of sp³-hybridized carbons (Fsp3) is 0.300. The smallest absolute Gasteiger partial charge is 0.343 e. The molecule has 0 aliphatic rings. The lowest BCUT2D eigenvalue weighted by atomic mass is 10.1. The lowest BCUT2D eigenvalue weighted by Gasteiger charge is -2.12. The molecule has 0 saturated heterocycles. The van der Waals surface area contributed by atoms with Gasteiger partial charge < -0.3 is 14.6 Å². The maximum Gasteiger partial charge on any atom is 0.343 e. The topological polar surface area (TPSA) is 99.2 Å². The lowest BCUT2D eigenvalue weighted by Crippen LogP contribution is -2.30. The van der Waals surface area contributed by atoms with Crippen molar-refractivity contribution in [2.24, 2.45) is 0 Å². The molecule has 2 aromatic heterocycles. The van der Waals surface area contributed by atoms with Crippen LogP contribution in [0, 0.1) is 20.8 Å². The summed E-state index contributed by atoms with van der Waals surface area (Å²) in [4.78, 5) is 24.8. The summed E-state index contributed by atoms with van der Waals surface area (Å²) in [5.74, 6) is -0.460. The summed E-state index contributed by atoms with van der Waals surface area (Å²) in [7, 11) is 0. The molecule has 1 atom stereocenters. The fourth-order valence-electron chi connectivity index (χ4n) is 2.68. The number of halogens is 1. The molecule has 2 heterocycles. The van der Waals surface area contributed by atoms with Crippen molar-refractivity contribution in [1.29, 1.82) is 0 Å². The molecule has 0 saturated carbocycles. The third-order valence-corrected chi connectivity index (χ3v) is 4.64. The van der Waals surface area contributed by atoms with Crippen LogP contribution in [-0.4, -0.2) is 32.9 Å². The van der Waals surface area contributed by atoms with Crippen LogP contribution in [0.4, 0.5) is 5.82 Å². The van der Waals surface area contributed by atoms with Gasteiger partial charge in [0.25, 0.3) is 5.91 Å². The monoisotopic (exact) mass is 416 g/mol. The standard InChI is InChI=1S/C20H21ClN4O4/c1-11-5-7-15(8-6-11)10-25-18(21)17(13(3)23-25)20(27)28-14(4)19(26)22-16-9-12(2)29-24-16/h5-9,14H,10H2,1-4H3,(H,22,24,26)/t14-/m1/s1. The Bertz CT molecular complexity index is 1040. The number of hydrogen-bond donors (Lipinski definition) is 1. The van der Waals surface area contributed by atoms with E-state index in [1.54, 1.807) is 19.9 Å². The average Bonchev–Trinajstić information content (AvgIpc) is 3.19. The van der Waals surface area contributed by atoms with Gasteiger partial charge in [-0.2, -0.15) is 5.10 Å².